The number of hydrogen-bond acceptors (Lipinski definition) is 6. The van der Waals surface area contributed by atoms with Crippen molar-refractivity contribution in [2.45, 2.75) is 11.8 Å². The smallest absolute Gasteiger partial charge is 0.271 e. The van der Waals surface area contributed by atoms with Gasteiger partial charge in [-0.25, -0.2) is 8.42 Å². The van der Waals surface area contributed by atoms with E-state index in [0.29, 0.717) is 18.0 Å². The Bertz CT molecular complexity index is 1150. The number of carbonyl (C=O) groups excluding carboxylic acids is 2. The van der Waals surface area contributed by atoms with E-state index in [-0.39, 0.29) is 16.0 Å². The first-order valence-corrected chi connectivity index (χ1v) is 10.7. The average Bonchev–Trinajstić information content (AvgIpc) is 2.79. The third-order valence-corrected chi connectivity index (χ3v) is 5.45. The summed E-state index contributed by atoms with van der Waals surface area (Å²) in [4.78, 5) is 27.9. The highest BCUT2D eigenvalue weighted by Crippen LogP contribution is 2.20. The zero-order valence-corrected chi connectivity index (χ0v) is 17.3. The van der Waals surface area contributed by atoms with Crippen LogP contribution in [0.4, 0.5) is 5.69 Å². The quantitative estimate of drug-likeness (QED) is 0.484. The Balaban J connectivity index is 1.61. The Hall–Kier alpha value is -3.92. The van der Waals surface area contributed by atoms with Gasteiger partial charge in [-0.1, -0.05) is 0 Å². The van der Waals surface area contributed by atoms with E-state index in [1.54, 1.807) is 36.4 Å². The van der Waals surface area contributed by atoms with Crippen LogP contribution >= 0.6 is 0 Å². The van der Waals surface area contributed by atoms with Gasteiger partial charge in [-0.3, -0.25) is 30.1 Å². The number of nitrogens with one attached hydrogen (secondary N) is 3. The number of hydrazine groups is 1. The van der Waals surface area contributed by atoms with Gasteiger partial charge in [-0.15, -0.1) is 0 Å². The van der Waals surface area contributed by atoms with Crippen molar-refractivity contribution in [3.05, 3.63) is 84.2 Å². The zero-order chi connectivity index (χ0) is 22.3. The minimum absolute atomic E-state index is 0.0164. The minimum atomic E-state index is -3.84. The summed E-state index contributed by atoms with van der Waals surface area (Å²) in [6, 6.07) is 14.9. The Morgan fingerprint density at radius 3 is 2.13 bits per heavy atom. The Labute approximate surface area is 179 Å². The highest BCUT2D eigenvalue weighted by molar-refractivity contribution is 7.92. The van der Waals surface area contributed by atoms with Crippen molar-refractivity contribution >= 4 is 27.5 Å². The molecule has 0 fully saturated rings. The van der Waals surface area contributed by atoms with Crippen LogP contribution in [-0.4, -0.2) is 31.8 Å². The highest BCUT2D eigenvalue weighted by Gasteiger charge is 2.16. The molecule has 0 aliphatic rings. The van der Waals surface area contributed by atoms with Gasteiger partial charge < -0.3 is 4.74 Å². The van der Waals surface area contributed by atoms with Crippen LogP contribution in [0.3, 0.4) is 0 Å². The molecule has 0 radical (unpaired) electrons. The van der Waals surface area contributed by atoms with Gasteiger partial charge in [0.25, 0.3) is 21.8 Å². The van der Waals surface area contributed by atoms with Gasteiger partial charge in [-0.05, 0) is 67.6 Å². The summed E-state index contributed by atoms with van der Waals surface area (Å²) >= 11 is 0. The van der Waals surface area contributed by atoms with Crippen molar-refractivity contribution in [1.29, 1.82) is 0 Å². The number of rotatable bonds is 7. The van der Waals surface area contributed by atoms with E-state index >= 15 is 0 Å². The van der Waals surface area contributed by atoms with Crippen LogP contribution in [0.25, 0.3) is 0 Å². The van der Waals surface area contributed by atoms with Gasteiger partial charge in [0.05, 0.1) is 17.1 Å². The van der Waals surface area contributed by atoms with E-state index in [2.05, 4.69) is 20.6 Å². The first-order valence-electron chi connectivity index (χ1n) is 9.25. The summed E-state index contributed by atoms with van der Waals surface area (Å²) in [5.41, 5.74) is 5.37. The molecule has 2 amide bonds. The second-order valence-corrected chi connectivity index (χ2v) is 7.92. The largest absolute Gasteiger partial charge is 0.494 e. The van der Waals surface area contributed by atoms with E-state index in [1.165, 1.54) is 36.7 Å². The average molecular weight is 440 g/mol. The molecule has 0 aliphatic heterocycles. The van der Waals surface area contributed by atoms with E-state index in [1.807, 2.05) is 6.92 Å². The second-order valence-electron chi connectivity index (χ2n) is 6.24. The molecule has 1 heterocycles. The molecule has 0 unspecified atom stereocenters. The van der Waals surface area contributed by atoms with Crippen LogP contribution in [-0.2, 0) is 10.0 Å². The van der Waals surface area contributed by atoms with Crippen molar-refractivity contribution in [2.75, 3.05) is 11.3 Å². The lowest BCUT2D eigenvalue weighted by Crippen LogP contribution is -2.41. The lowest BCUT2D eigenvalue weighted by atomic mass is 10.2. The van der Waals surface area contributed by atoms with Crippen LogP contribution in [0.1, 0.15) is 27.6 Å². The lowest BCUT2D eigenvalue weighted by molar-refractivity contribution is 0.0846. The number of aromatic nitrogens is 1. The lowest BCUT2D eigenvalue weighted by Gasteiger charge is -2.10. The molecular weight excluding hydrogens is 420 g/mol. The summed E-state index contributed by atoms with van der Waals surface area (Å²) < 4.78 is 32.9. The first kappa shape index (κ1) is 21.8. The zero-order valence-electron chi connectivity index (χ0n) is 16.5. The second kappa shape index (κ2) is 9.72. The maximum Gasteiger partial charge on any atom is 0.271 e. The van der Waals surface area contributed by atoms with E-state index < -0.39 is 21.8 Å². The van der Waals surface area contributed by atoms with E-state index in [9.17, 15) is 18.0 Å². The number of ether oxygens (including phenoxy) is 1. The molecule has 3 N–H and O–H groups in total. The maximum absolute atomic E-state index is 12.6. The molecule has 0 spiro atoms. The molecule has 10 heteroatoms. The van der Waals surface area contributed by atoms with Crippen LogP contribution < -0.4 is 20.3 Å². The summed E-state index contributed by atoms with van der Waals surface area (Å²) in [5.74, 6) is -0.489. The van der Waals surface area contributed by atoms with Crippen molar-refractivity contribution < 1.29 is 22.7 Å². The molecule has 3 rings (SSSR count). The molecule has 0 bridgehead atoms. The Kier molecular flexibility index (Phi) is 6.83. The molecule has 0 aliphatic carbocycles. The van der Waals surface area contributed by atoms with Gasteiger partial charge in [-0.2, -0.15) is 0 Å². The van der Waals surface area contributed by atoms with Crippen molar-refractivity contribution in [3.63, 3.8) is 0 Å². The monoisotopic (exact) mass is 440 g/mol. The number of amides is 2. The predicted octanol–water partition coefficient (Wildman–Crippen LogP) is 2.36. The highest BCUT2D eigenvalue weighted by atomic mass is 32.2. The van der Waals surface area contributed by atoms with Gasteiger partial charge in [0.15, 0.2) is 0 Å². The van der Waals surface area contributed by atoms with Crippen LogP contribution in [0, 0.1) is 0 Å². The summed E-state index contributed by atoms with van der Waals surface area (Å²) in [6.07, 6.45) is 2.88. The molecule has 2 aromatic carbocycles. The molecule has 3 aromatic rings. The maximum atomic E-state index is 12.6. The molecule has 0 atom stereocenters. The fourth-order valence-corrected chi connectivity index (χ4v) is 3.60. The predicted molar refractivity (Wildman–Crippen MR) is 114 cm³/mol. The summed E-state index contributed by atoms with van der Waals surface area (Å²) in [7, 11) is -3.84. The van der Waals surface area contributed by atoms with Gasteiger partial charge in [0.2, 0.25) is 0 Å². The Morgan fingerprint density at radius 2 is 1.55 bits per heavy atom. The first-order chi connectivity index (χ1) is 14.9. The number of anilines is 1. The molecule has 160 valence electrons. The summed E-state index contributed by atoms with van der Waals surface area (Å²) in [6.45, 7) is 2.37. The van der Waals surface area contributed by atoms with E-state index in [4.69, 9.17) is 4.74 Å². The standard InChI is InChI=1S/C21H20N4O5S/c1-2-30-18-9-7-17(8-10-18)25-31(28,29)19-11-5-15(6-12-19)20(26)23-24-21(27)16-4-3-13-22-14-16/h3-14,25H,2H2,1H3,(H,23,26)(H,24,27). The number of nitrogens with zero attached hydrogens (tertiary/aromatic N) is 1. The topological polar surface area (TPSA) is 126 Å². The fourth-order valence-electron chi connectivity index (χ4n) is 2.54. The van der Waals surface area contributed by atoms with Gasteiger partial charge in [0, 0.05) is 23.6 Å². The Morgan fingerprint density at radius 1 is 0.903 bits per heavy atom. The molecular formula is C21H20N4O5S. The molecule has 31 heavy (non-hydrogen) atoms. The van der Waals surface area contributed by atoms with Crippen LogP contribution in [0.15, 0.2) is 78.0 Å². The van der Waals surface area contributed by atoms with Crippen molar-refractivity contribution in [1.82, 2.24) is 15.8 Å². The molecule has 9 nitrogen and oxygen atoms in total. The van der Waals surface area contributed by atoms with E-state index in [0.717, 1.165) is 0 Å². The number of carbonyl (C=O) groups is 2. The fraction of sp³-hybridized carbons (Fsp3) is 0.0952. The third-order valence-electron chi connectivity index (χ3n) is 4.06. The number of pyridine rings is 1. The SMILES string of the molecule is CCOc1ccc(NS(=O)(=O)c2ccc(C(=O)NNC(=O)c3cccnc3)cc2)cc1. The number of benzene rings is 2. The van der Waals surface area contributed by atoms with Crippen LogP contribution in [0.2, 0.25) is 0 Å². The normalized spacial score (nSPS) is 10.7. The van der Waals surface area contributed by atoms with Gasteiger partial charge in [0.1, 0.15) is 5.75 Å². The van der Waals surface area contributed by atoms with Gasteiger partial charge >= 0.3 is 0 Å². The number of sulfonamides is 1. The minimum Gasteiger partial charge on any atom is -0.494 e. The molecule has 0 saturated carbocycles. The third kappa shape index (κ3) is 5.80. The summed E-state index contributed by atoms with van der Waals surface area (Å²) in [5, 5.41) is 0. The van der Waals surface area contributed by atoms with Crippen molar-refractivity contribution in [2.24, 2.45) is 0 Å². The van der Waals surface area contributed by atoms with Crippen molar-refractivity contribution in [3.8, 4) is 5.75 Å². The molecule has 1 aromatic heterocycles. The number of hydrogen-bond donors (Lipinski definition) is 3. The molecule has 0 saturated heterocycles. The van der Waals surface area contributed by atoms with Crippen LogP contribution in [0.5, 0.6) is 5.75 Å².